The molecule has 0 rings (SSSR count). The van der Waals surface area contributed by atoms with E-state index in [1.807, 2.05) is 6.08 Å². The highest BCUT2D eigenvalue weighted by Crippen LogP contribution is 2.43. The molecule has 3 atom stereocenters. The van der Waals surface area contributed by atoms with E-state index < -0.39 is 51.8 Å². The highest BCUT2D eigenvalue weighted by molar-refractivity contribution is 7.47. The van der Waals surface area contributed by atoms with Crippen molar-refractivity contribution in [3.8, 4) is 0 Å². The molecule has 3 N–H and O–H groups in total. The molecule has 0 aromatic carbocycles. The van der Waals surface area contributed by atoms with Crippen LogP contribution in [0.4, 0.5) is 0 Å². The minimum atomic E-state index is -4.61. The number of unbranched alkanes of at least 4 members (excludes halogenated alkanes) is 26. The van der Waals surface area contributed by atoms with E-state index in [-0.39, 0.29) is 19.4 Å². The van der Waals surface area contributed by atoms with Crippen LogP contribution >= 0.6 is 7.82 Å². The van der Waals surface area contributed by atoms with E-state index in [0.717, 1.165) is 44.9 Å². The summed E-state index contributed by atoms with van der Waals surface area (Å²) in [5, 5.41) is 18.3. The van der Waals surface area contributed by atoms with Crippen LogP contribution in [0.5, 0.6) is 0 Å². The van der Waals surface area contributed by atoms with Crippen molar-refractivity contribution >= 4 is 19.8 Å². The van der Waals surface area contributed by atoms with Crippen LogP contribution in [0.15, 0.2) is 12.7 Å². The number of hydrogen-bond acceptors (Lipinski definition) is 9. The predicted molar refractivity (Wildman–Crippen MR) is 210 cm³/mol. The third-order valence-electron chi connectivity index (χ3n) is 9.32. The van der Waals surface area contributed by atoms with Crippen molar-refractivity contribution < 1.29 is 47.8 Å². The summed E-state index contributed by atoms with van der Waals surface area (Å²) in [4.78, 5) is 34.9. The summed E-state index contributed by atoms with van der Waals surface area (Å²) in [6.45, 7) is 3.92. The molecule has 0 aromatic heterocycles. The molecule has 0 aliphatic heterocycles. The molecule has 0 radical (unpaired) electrons. The Morgan fingerprint density at radius 2 is 0.981 bits per heavy atom. The number of aliphatic hydroxyl groups excluding tert-OH is 2. The number of rotatable bonds is 41. The van der Waals surface area contributed by atoms with Crippen molar-refractivity contribution in [1.82, 2.24) is 0 Å². The molecule has 10 nitrogen and oxygen atoms in total. The van der Waals surface area contributed by atoms with Crippen LogP contribution in [-0.4, -0.2) is 65.7 Å². The van der Waals surface area contributed by atoms with Crippen LogP contribution in [0.2, 0.25) is 0 Å². The number of allylic oxidation sites excluding steroid dienone is 1. The van der Waals surface area contributed by atoms with Gasteiger partial charge in [0.2, 0.25) is 0 Å². The standard InChI is InChI=1S/C41H79O10P/c1-3-5-7-9-11-13-15-17-19-21-22-24-26-28-30-32-40(44)48-36-39(37-50-52(46,47)49-35-38(43)34-42)51-41(45)33-31-29-27-25-23-20-18-16-14-12-10-8-6-4-2/h3,38-39,42-43H,1,4-37H2,2H3,(H,46,47)/t38-,39+/m0/s1. The molecule has 52 heavy (non-hydrogen) atoms. The topological polar surface area (TPSA) is 149 Å². The normalized spacial score (nSPS) is 13.8. The molecule has 0 spiro atoms. The Labute approximate surface area is 317 Å². The third kappa shape index (κ3) is 37.0. The lowest BCUT2D eigenvalue weighted by atomic mass is 10.0. The molecule has 0 bridgehead atoms. The van der Waals surface area contributed by atoms with Gasteiger partial charge in [-0.25, -0.2) is 4.57 Å². The molecule has 11 heteroatoms. The van der Waals surface area contributed by atoms with E-state index in [9.17, 15) is 24.2 Å². The van der Waals surface area contributed by atoms with E-state index in [4.69, 9.17) is 19.1 Å². The molecule has 0 saturated heterocycles. The van der Waals surface area contributed by atoms with Gasteiger partial charge in [0, 0.05) is 12.8 Å². The highest BCUT2D eigenvalue weighted by Gasteiger charge is 2.27. The van der Waals surface area contributed by atoms with Crippen LogP contribution in [0.25, 0.3) is 0 Å². The Bertz CT molecular complexity index is 871. The first kappa shape index (κ1) is 50.7. The molecule has 0 heterocycles. The molecule has 0 fully saturated rings. The van der Waals surface area contributed by atoms with Gasteiger partial charge in [0.05, 0.1) is 19.8 Å². The summed E-state index contributed by atoms with van der Waals surface area (Å²) in [6, 6.07) is 0. The van der Waals surface area contributed by atoms with E-state index in [1.165, 1.54) is 122 Å². The first-order valence-corrected chi connectivity index (χ1v) is 22.6. The number of carbonyl (C=O) groups is 2. The first-order chi connectivity index (χ1) is 25.2. The second-order valence-corrected chi connectivity index (χ2v) is 15.9. The number of ether oxygens (including phenoxy) is 2. The zero-order valence-corrected chi connectivity index (χ0v) is 34.0. The molecule has 0 aromatic rings. The quantitative estimate of drug-likeness (QED) is 0.0238. The SMILES string of the molecule is C=CCCCCCCCCCCCCCCCC(=O)OC[C@H](COP(=O)(O)OC[C@@H](O)CO)OC(=O)CCCCCCCCCCCCCCCC. The number of carbonyl (C=O) groups excluding carboxylic acids is 2. The maximum Gasteiger partial charge on any atom is 0.472 e. The van der Waals surface area contributed by atoms with Gasteiger partial charge >= 0.3 is 19.8 Å². The second kappa shape index (κ2) is 38.0. The molecule has 1 unspecified atom stereocenters. The molecule has 0 amide bonds. The second-order valence-electron chi connectivity index (χ2n) is 14.5. The lowest BCUT2D eigenvalue weighted by Crippen LogP contribution is -2.29. The average Bonchev–Trinajstić information content (AvgIpc) is 3.13. The number of phosphoric acid groups is 1. The Morgan fingerprint density at radius 1 is 0.596 bits per heavy atom. The highest BCUT2D eigenvalue weighted by atomic mass is 31.2. The van der Waals surface area contributed by atoms with Crippen molar-refractivity contribution in [2.75, 3.05) is 26.4 Å². The van der Waals surface area contributed by atoms with Crippen molar-refractivity contribution in [1.29, 1.82) is 0 Å². The Hall–Kier alpha value is -1.29. The van der Waals surface area contributed by atoms with Crippen molar-refractivity contribution in [3.63, 3.8) is 0 Å². The lowest BCUT2D eigenvalue weighted by molar-refractivity contribution is -0.161. The van der Waals surface area contributed by atoms with Gasteiger partial charge in [-0.05, 0) is 25.7 Å². The average molecular weight is 763 g/mol. The molecular weight excluding hydrogens is 683 g/mol. The van der Waals surface area contributed by atoms with Crippen LogP contribution in [-0.2, 0) is 32.7 Å². The molecule has 0 aliphatic rings. The van der Waals surface area contributed by atoms with Gasteiger partial charge in [-0.1, -0.05) is 167 Å². The zero-order valence-electron chi connectivity index (χ0n) is 33.1. The lowest BCUT2D eigenvalue weighted by Gasteiger charge is -2.20. The summed E-state index contributed by atoms with van der Waals surface area (Å²) in [5.74, 6) is -0.917. The molecule has 308 valence electrons. The molecule has 0 saturated carbocycles. The van der Waals surface area contributed by atoms with Crippen LogP contribution in [0.3, 0.4) is 0 Å². The molecule has 0 aliphatic carbocycles. The summed E-state index contributed by atoms with van der Waals surface area (Å²) < 4.78 is 32.7. The summed E-state index contributed by atoms with van der Waals surface area (Å²) in [6.07, 6.45) is 33.5. The van der Waals surface area contributed by atoms with E-state index in [2.05, 4.69) is 18.0 Å². The van der Waals surface area contributed by atoms with Gasteiger partial charge in [-0.2, -0.15) is 0 Å². The van der Waals surface area contributed by atoms with Crippen molar-refractivity contribution in [2.45, 2.75) is 212 Å². The van der Waals surface area contributed by atoms with Gasteiger partial charge in [0.15, 0.2) is 6.10 Å². The minimum Gasteiger partial charge on any atom is -0.462 e. The maximum atomic E-state index is 12.6. The number of phosphoric ester groups is 1. The van der Waals surface area contributed by atoms with E-state index in [1.54, 1.807) is 0 Å². The largest absolute Gasteiger partial charge is 0.472 e. The Balaban J connectivity index is 4.26. The molecular formula is C41H79O10P. The fourth-order valence-corrected chi connectivity index (χ4v) is 6.82. The maximum absolute atomic E-state index is 12.6. The van der Waals surface area contributed by atoms with Gasteiger partial charge in [-0.3, -0.25) is 18.6 Å². The Kier molecular flexibility index (Phi) is 37.1. The van der Waals surface area contributed by atoms with E-state index >= 15 is 0 Å². The summed E-state index contributed by atoms with van der Waals surface area (Å²) in [5.41, 5.74) is 0. The van der Waals surface area contributed by atoms with Gasteiger partial charge in [-0.15, -0.1) is 6.58 Å². The van der Waals surface area contributed by atoms with Crippen molar-refractivity contribution in [2.24, 2.45) is 0 Å². The fourth-order valence-electron chi connectivity index (χ4n) is 6.03. The number of esters is 2. The van der Waals surface area contributed by atoms with Crippen LogP contribution < -0.4 is 0 Å². The predicted octanol–water partition coefficient (Wildman–Crippen LogP) is 10.8. The van der Waals surface area contributed by atoms with Crippen LogP contribution in [0.1, 0.15) is 200 Å². The monoisotopic (exact) mass is 763 g/mol. The number of aliphatic hydroxyl groups is 2. The van der Waals surface area contributed by atoms with Crippen LogP contribution in [0, 0.1) is 0 Å². The third-order valence-corrected chi connectivity index (χ3v) is 10.3. The van der Waals surface area contributed by atoms with Gasteiger partial charge in [0.25, 0.3) is 0 Å². The van der Waals surface area contributed by atoms with Crippen molar-refractivity contribution in [3.05, 3.63) is 12.7 Å². The van der Waals surface area contributed by atoms with Gasteiger partial charge < -0.3 is 24.6 Å². The minimum absolute atomic E-state index is 0.189. The zero-order chi connectivity index (χ0) is 38.4. The first-order valence-electron chi connectivity index (χ1n) is 21.1. The van der Waals surface area contributed by atoms with E-state index in [0.29, 0.717) is 12.8 Å². The smallest absolute Gasteiger partial charge is 0.462 e. The summed E-state index contributed by atoms with van der Waals surface area (Å²) >= 11 is 0. The van der Waals surface area contributed by atoms with Gasteiger partial charge in [0.1, 0.15) is 12.7 Å². The fraction of sp³-hybridized carbons (Fsp3) is 0.902. The number of hydrogen-bond donors (Lipinski definition) is 3. The summed E-state index contributed by atoms with van der Waals surface area (Å²) in [7, 11) is -4.61. The Morgan fingerprint density at radius 3 is 1.40 bits per heavy atom.